The number of ether oxygens (including phenoxy) is 1. The molecular formula is C16H14FNO. The Morgan fingerprint density at radius 1 is 1.21 bits per heavy atom. The van der Waals surface area contributed by atoms with Crippen molar-refractivity contribution in [2.45, 2.75) is 12.3 Å². The average Bonchev–Trinajstić information content (AvgIpc) is 2.46. The first-order valence-electron chi connectivity index (χ1n) is 6.01. The van der Waals surface area contributed by atoms with E-state index in [0.29, 0.717) is 6.42 Å². The van der Waals surface area contributed by atoms with Crippen LogP contribution in [-0.2, 0) is 6.42 Å². The fourth-order valence-corrected chi connectivity index (χ4v) is 1.95. The maximum absolute atomic E-state index is 12.8. The second-order valence-corrected chi connectivity index (χ2v) is 4.29. The highest BCUT2D eigenvalue weighted by molar-refractivity contribution is 5.35. The molecule has 0 amide bonds. The van der Waals surface area contributed by atoms with Crippen molar-refractivity contribution < 1.29 is 9.13 Å². The molecular weight excluding hydrogens is 241 g/mol. The van der Waals surface area contributed by atoms with E-state index in [4.69, 9.17) is 4.74 Å². The molecule has 19 heavy (non-hydrogen) atoms. The largest absolute Gasteiger partial charge is 0.497 e. The summed E-state index contributed by atoms with van der Waals surface area (Å²) in [5, 5.41) is 9.29. The topological polar surface area (TPSA) is 33.0 Å². The van der Waals surface area contributed by atoms with Gasteiger partial charge in [-0.1, -0.05) is 24.3 Å². The minimum Gasteiger partial charge on any atom is -0.497 e. The molecule has 0 bridgehead atoms. The van der Waals surface area contributed by atoms with Gasteiger partial charge in [0.2, 0.25) is 0 Å². The van der Waals surface area contributed by atoms with Gasteiger partial charge in [0, 0.05) is 0 Å². The van der Waals surface area contributed by atoms with Crippen LogP contribution in [0.5, 0.6) is 5.75 Å². The van der Waals surface area contributed by atoms with Crippen LogP contribution < -0.4 is 4.74 Å². The lowest BCUT2D eigenvalue weighted by atomic mass is 9.93. The summed E-state index contributed by atoms with van der Waals surface area (Å²) in [5.74, 6) is 0.205. The number of rotatable bonds is 4. The fourth-order valence-electron chi connectivity index (χ4n) is 1.95. The standard InChI is InChI=1S/C16H14FNO/c1-19-16-4-2-3-13(10-16)14(11-18)9-12-5-7-15(17)8-6-12/h2-8,10,14H,9H2,1H3. The van der Waals surface area contributed by atoms with E-state index in [1.54, 1.807) is 19.2 Å². The van der Waals surface area contributed by atoms with Crippen molar-refractivity contribution in [3.05, 3.63) is 65.5 Å². The highest BCUT2D eigenvalue weighted by Gasteiger charge is 2.12. The molecule has 0 aliphatic heterocycles. The summed E-state index contributed by atoms with van der Waals surface area (Å²) in [7, 11) is 1.60. The van der Waals surface area contributed by atoms with Crippen molar-refractivity contribution in [2.75, 3.05) is 7.11 Å². The number of hydrogen-bond donors (Lipinski definition) is 0. The zero-order chi connectivity index (χ0) is 13.7. The molecule has 0 heterocycles. The van der Waals surface area contributed by atoms with Gasteiger partial charge in [0.25, 0.3) is 0 Å². The predicted octanol–water partition coefficient (Wildman–Crippen LogP) is 3.68. The van der Waals surface area contributed by atoms with Gasteiger partial charge >= 0.3 is 0 Å². The highest BCUT2D eigenvalue weighted by Crippen LogP contribution is 2.24. The first kappa shape index (κ1) is 13.1. The number of halogens is 1. The average molecular weight is 255 g/mol. The molecule has 0 saturated heterocycles. The lowest BCUT2D eigenvalue weighted by Gasteiger charge is -2.11. The summed E-state index contributed by atoms with van der Waals surface area (Å²) >= 11 is 0. The van der Waals surface area contributed by atoms with Crippen LogP contribution >= 0.6 is 0 Å². The number of benzene rings is 2. The summed E-state index contributed by atoms with van der Waals surface area (Å²) in [5.41, 5.74) is 1.85. The number of methoxy groups -OCH3 is 1. The van der Waals surface area contributed by atoms with Gasteiger partial charge in [-0.3, -0.25) is 0 Å². The van der Waals surface area contributed by atoms with E-state index in [-0.39, 0.29) is 11.7 Å². The third-order valence-electron chi connectivity index (χ3n) is 3.01. The third-order valence-corrected chi connectivity index (χ3v) is 3.01. The van der Waals surface area contributed by atoms with Crippen molar-refractivity contribution >= 4 is 0 Å². The van der Waals surface area contributed by atoms with Gasteiger partial charge in [0.05, 0.1) is 19.1 Å². The van der Waals surface area contributed by atoms with E-state index < -0.39 is 0 Å². The molecule has 0 fully saturated rings. The van der Waals surface area contributed by atoms with E-state index in [1.807, 2.05) is 24.3 Å². The van der Waals surface area contributed by atoms with Crippen LogP contribution in [0.25, 0.3) is 0 Å². The minimum atomic E-state index is -0.265. The van der Waals surface area contributed by atoms with Crippen LogP contribution in [0.4, 0.5) is 4.39 Å². The quantitative estimate of drug-likeness (QED) is 0.834. The Morgan fingerprint density at radius 2 is 1.95 bits per heavy atom. The second-order valence-electron chi connectivity index (χ2n) is 4.29. The maximum Gasteiger partial charge on any atom is 0.123 e. The first-order chi connectivity index (χ1) is 9.22. The smallest absolute Gasteiger partial charge is 0.123 e. The van der Waals surface area contributed by atoms with Crippen LogP contribution in [0.1, 0.15) is 17.0 Å². The Kier molecular flexibility index (Phi) is 4.15. The summed E-state index contributed by atoms with van der Waals surface area (Å²) < 4.78 is 18.0. The molecule has 1 atom stereocenters. The monoisotopic (exact) mass is 255 g/mol. The SMILES string of the molecule is COc1cccc(C(C#N)Cc2ccc(F)cc2)c1. The van der Waals surface area contributed by atoms with Gasteiger partial charge in [0.1, 0.15) is 11.6 Å². The molecule has 0 N–H and O–H groups in total. The van der Waals surface area contributed by atoms with Crippen molar-refractivity contribution in [3.63, 3.8) is 0 Å². The summed E-state index contributed by atoms with van der Waals surface area (Å²) in [6, 6.07) is 16.0. The van der Waals surface area contributed by atoms with Crippen molar-refractivity contribution in [1.29, 1.82) is 5.26 Å². The fraction of sp³-hybridized carbons (Fsp3) is 0.188. The molecule has 0 aliphatic rings. The molecule has 2 aromatic carbocycles. The van der Waals surface area contributed by atoms with Crippen LogP contribution in [0.3, 0.4) is 0 Å². The van der Waals surface area contributed by atoms with Gasteiger partial charge in [-0.15, -0.1) is 0 Å². The molecule has 96 valence electrons. The zero-order valence-electron chi connectivity index (χ0n) is 10.6. The number of nitrogens with zero attached hydrogens (tertiary/aromatic N) is 1. The molecule has 2 nitrogen and oxygen atoms in total. The summed E-state index contributed by atoms with van der Waals surface area (Å²) in [6.07, 6.45) is 0.559. The van der Waals surface area contributed by atoms with Crippen LogP contribution in [0, 0.1) is 17.1 Å². The van der Waals surface area contributed by atoms with Gasteiger partial charge in [-0.2, -0.15) is 5.26 Å². The minimum absolute atomic E-state index is 0.263. The number of nitriles is 1. The Balaban J connectivity index is 2.20. The Bertz CT molecular complexity index is 586. The molecule has 2 rings (SSSR count). The normalized spacial score (nSPS) is 11.6. The Morgan fingerprint density at radius 3 is 2.58 bits per heavy atom. The highest BCUT2D eigenvalue weighted by atomic mass is 19.1. The van der Waals surface area contributed by atoms with Crippen molar-refractivity contribution in [3.8, 4) is 11.8 Å². The van der Waals surface area contributed by atoms with Gasteiger partial charge in [0.15, 0.2) is 0 Å². The lowest BCUT2D eigenvalue weighted by Crippen LogP contribution is -2.01. The molecule has 0 radical (unpaired) electrons. The van der Waals surface area contributed by atoms with Gasteiger partial charge in [-0.25, -0.2) is 4.39 Å². The molecule has 0 saturated carbocycles. The molecule has 0 aliphatic carbocycles. The molecule has 0 aromatic heterocycles. The van der Waals surface area contributed by atoms with Crippen LogP contribution in [0.2, 0.25) is 0 Å². The molecule has 0 spiro atoms. The van der Waals surface area contributed by atoms with Crippen LogP contribution in [-0.4, -0.2) is 7.11 Å². The number of hydrogen-bond acceptors (Lipinski definition) is 2. The zero-order valence-corrected chi connectivity index (χ0v) is 10.6. The maximum atomic E-state index is 12.8. The second kappa shape index (κ2) is 6.01. The van der Waals surface area contributed by atoms with E-state index in [2.05, 4.69) is 6.07 Å². The summed E-state index contributed by atoms with van der Waals surface area (Å²) in [4.78, 5) is 0. The van der Waals surface area contributed by atoms with Crippen LogP contribution in [0.15, 0.2) is 48.5 Å². The van der Waals surface area contributed by atoms with Crippen molar-refractivity contribution in [1.82, 2.24) is 0 Å². The molecule has 2 aromatic rings. The van der Waals surface area contributed by atoms with E-state index in [9.17, 15) is 9.65 Å². The third kappa shape index (κ3) is 3.32. The predicted molar refractivity (Wildman–Crippen MR) is 71.5 cm³/mol. The van der Waals surface area contributed by atoms with E-state index >= 15 is 0 Å². The van der Waals surface area contributed by atoms with Gasteiger partial charge < -0.3 is 4.74 Å². The molecule has 1 unspecified atom stereocenters. The van der Waals surface area contributed by atoms with E-state index in [0.717, 1.165) is 16.9 Å². The Labute approximate surface area is 112 Å². The first-order valence-corrected chi connectivity index (χ1v) is 6.01. The van der Waals surface area contributed by atoms with Crippen molar-refractivity contribution in [2.24, 2.45) is 0 Å². The lowest BCUT2D eigenvalue weighted by molar-refractivity contribution is 0.414. The van der Waals surface area contributed by atoms with Gasteiger partial charge in [-0.05, 0) is 41.8 Å². The van der Waals surface area contributed by atoms with E-state index in [1.165, 1.54) is 12.1 Å². The molecule has 3 heteroatoms. The summed E-state index contributed by atoms with van der Waals surface area (Å²) in [6.45, 7) is 0. The Hall–Kier alpha value is -2.34.